The van der Waals surface area contributed by atoms with Gasteiger partial charge in [0, 0.05) is 12.6 Å². The van der Waals surface area contributed by atoms with E-state index in [-0.39, 0.29) is 11.6 Å². The van der Waals surface area contributed by atoms with E-state index in [1.165, 1.54) is 5.69 Å². The van der Waals surface area contributed by atoms with Crippen molar-refractivity contribution in [3.8, 4) is 5.75 Å². The second-order valence-corrected chi connectivity index (χ2v) is 5.51. The molecule has 1 atom stereocenters. The van der Waals surface area contributed by atoms with Crippen LogP contribution in [0.5, 0.6) is 5.75 Å². The topological polar surface area (TPSA) is 38.5 Å². The number of benzene rings is 1. The molecule has 1 heterocycles. The fourth-order valence-corrected chi connectivity index (χ4v) is 2.70. The zero-order valence-corrected chi connectivity index (χ0v) is 12.4. The number of fused-ring (bicyclic) bond motifs is 1. The third-order valence-electron chi connectivity index (χ3n) is 4.28. The summed E-state index contributed by atoms with van der Waals surface area (Å²) < 4.78 is 6.28. The van der Waals surface area contributed by atoms with Gasteiger partial charge in [-0.25, -0.2) is 0 Å². The summed E-state index contributed by atoms with van der Waals surface area (Å²) >= 11 is 0. The summed E-state index contributed by atoms with van der Waals surface area (Å²) in [5.74, 6) is 1.00. The van der Waals surface area contributed by atoms with Crippen molar-refractivity contribution in [3.63, 3.8) is 0 Å². The number of nitrogens with two attached hydrogens (primary N) is 1. The van der Waals surface area contributed by atoms with E-state index in [9.17, 15) is 0 Å². The molecule has 0 amide bonds. The van der Waals surface area contributed by atoms with Crippen LogP contribution in [0, 0.1) is 0 Å². The second kappa shape index (κ2) is 5.83. The van der Waals surface area contributed by atoms with E-state index in [1.54, 1.807) is 0 Å². The van der Waals surface area contributed by atoms with E-state index in [1.807, 2.05) is 6.07 Å². The Balaban J connectivity index is 2.31. The SMILES string of the molecule is CCC(N)CN1CC(CC)(CC)Oc2ccccc21. The molecule has 0 spiro atoms. The van der Waals surface area contributed by atoms with Gasteiger partial charge in [-0.05, 0) is 31.4 Å². The van der Waals surface area contributed by atoms with Crippen LogP contribution in [0.1, 0.15) is 40.0 Å². The van der Waals surface area contributed by atoms with Gasteiger partial charge < -0.3 is 15.4 Å². The fraction of sp³-hybridized carbons (Fsp3) is 0.625. The molecular weight excluding hydrogens is 236 g/mol. The molecule has 1 aliphatic rings. The van der Waals surface area contributed by atoms with Crippen molar-refractivity contribution in [2.75, 3.05) is 18.0 Å². The summed E-state index contributed by atoms with van der Waals surface area (Å²) in [4.78, 5) is 2.40. The monoisotopic (exact) mass is 262 g/mol. The minimum Gasteiger partial charge on any atom is -0.483 e. The van der Waals surface area contributed by atoms with Gasteiger partial charge in [-0.1, -0.05) is 32.9 Å². The summed E-state index contributed by atoms with van der Waals surface area (Å²) in [6, 6.07) is 8.53. The van der Waals surface area contributed by atoms with Crippen LogP contribution in [-0.2, 0) is 0 Å². The van der Waals surface area contributed by atoms with Crippen LogP contribution in [-0.4, -0.2) is 24.7 Å². The third-order valence-corrected chi connectivity index (χ3v) is 4.28. The predicted octanol–water partition coefficient (Wildman–Crippen LogP) is 3.18. The van der Waals surface area contributed by atoms with Crippen LogP contribution >= 0.6 is 0 Å². The molecule has 0 fully saturated rings. The molecule has 106 valence electrons. The van der Waals surface area contributed by atoms with Crippen molar-refractivity contribution in [2.45, 2.75) is 51.7 Å². The smallest absolute Gasteiger partial charge is 0.143 e. The lowest BCUT2D eigenvalue weighted by Crippen LogP contribution is -2.53. The first-order valence-electron chi connectivity index (χ1n) is 7.42. The van der Waals surface area contributed by atoms with Crippen molar-refractivity contribution < 1.29 is 4.74 Å². The lowest BCUT2D eigenvalue weighted by Gasteiger charge is -2.44. The van der Waals surface area contributed by atoms with Crippen molar-refractivity contribution >= 4 is 5.69 Å². The van der Waals surface area contributed by atoms with Crippen LogP contribution in [0.25, 0.3) is 0 Å². The average molecular weight is 262 g/mol. The molecule has 0 aromatic heterocycles. The molecule has 19 heavy (non-hydrogen) atoms. The minimum atomic E-state index is -0.0676. The maximum absolute atomic E-state index is 6.28. The quantitative estimate of drug-likeness (QED) is 0.885. The molecule has 2 N–H and O–H groups in total. The maximum Gasteiger partial charge on any atom is 0.143 e. The van der Waals surface area contributed by atoms with Crippen LogP contribution in [0.4, 0.5) is 5.69 Å². The predicted molar refractivity (Wildman–Crippen MR) is 80.9 cm³/mol. The number of hydrogen-bond donors (Lipinski definition) is 1. The molecule has 3 heteroatoms. The number of hydrogen-bond acceptors (Lipinski definition) is 3. The van der Waals surface area contributed by atoms with Gasteiger partial charge in [-0.3, -0.25) is 0 Å². The average Bonchev–Trinajstić information content (AvgIpc) is 2.46. The van der Waals surface area contributed by atoms with Crippen molar-refractivity contribution in [1.29, 1.82) is 0 Å². The number of rotatable bonds is 5. The van der Waals surface area contributed by atoms with E-state index in [0.29, 0.717) is 0 Å². The summed E-state index contributed by atoms with van der Waals surface area (Å²) in [7, 11) is 0. The first-order valence-corrected chi connectivity index (χ1v) is 7.42. The molecule has 1 aromatic carbocycles. The lowest BCUT2D eigenvalue weighted by atomic mass is 9.93. The van der Waals surface area contributed by atoms with E-state index < -0.39 is 0 Å². The highest BCUT2D eigenvalue weighted by Crippen LogP contribution is 2.39. The highest BCUT2D eigenvalue weighted by atomic mass is 16.5. The molecule has 0 radical (unpaired) electrons. The standard InChI is InChI=1S/C16H26N2O/c1-4-13(17)11-18-12-16(5-2,6-3)19-15-10-8-7-9-14(15)18/h7-10,13H,4-6,11-12,17H2,1-3H3. The Hall–Kier alpha value is -1.22. The highest BCUT2D eigenvalue weighted by Gasteiger charge is 2.36. The van der Waals surface area contributed by atoms with Crippen molar-refractivity contribution in [1.82, 2.24) is 0 Å². The van der Waals surface area contributed by atoms with Crippen molar-refractivity contribution in [2.24, 2.45) is 5.73 Å². The van der Waals surface area contributed by atoms with E-state index in [0.717, 1.165) is 38.1 Å². The highest BCUT2D eigenvalue weighted by molar-refractivity contribution is 5.60. The molecule has 0 saturated carbocycles. The summed E-state index contributed by atoms with van der Waals surface area (Å²) in [5, 5.41) is 0. The molecule has 3 nitrogen and oxygen atoms in total. The molecule has 2 rings (SSSR count). The largest absolute Gasteiger partial charge is 0.483 e. The van der Waals surface area contributed by atoms with Crippen LogP contribution in [0.3, 0.4) is 0 Å². The molecular formula is C16H26N2O. The van der Waals surface area contributed by atoms with E-state index >= 15 is 0 Å². The van der Waals surface area contributed by atoms with E-state index in [4.69, 9.17) is 10.5 Å². The Morgan fingerprint density at radius 2 is 1.95 bits per heavy atom. The van der Waals surface area contributed by atoms with Gasteiger partial charge in [0.1, 0.15) is 11.4 Å². The van der Waals surface area contributed by atoms with Gasteiger partial charge >= 0.3 is 0 Å². The Morgan fingerprint density at radius 1 is 1.26 bits per heavy atom. The normalized spacial score (nSPS) is 18.6. The summed E-state index contributed by atoms with van der Waals surface area (Å²) in [5.41, 5.74) is 7.27. The zero-order chi connectivity index (χ0) is 13.9. The number of nitrogens with zero attached hydrogens (tertiary/aromatic N) is 1. The second-order valence-electron chi connectivity index (χ2n) is 5.51. The van der Waals surface area contributed by atoms with Crippen LogP contribution in [0.2, 0.25) is 0 Å². The van der Waals surface area contributed by atoms with Gasteiger partial charge in [-0.15, -0.1) is 0 Å². The van der Waals surface area contributed by atoms with Gasteiger partial charge in [0.05, 0.1) is 12.2 Å². The Kier molecular flexibility index (Phi) is 4.35. The maximum atomic E-state index is 6.28. The molecule has 1 aliphatic heterocycles. The third kappa shape index (κ3) is 2.86. The molecule has 1 unspecified atom stereocenters. The zero-order valence-electron chi connectivity index (χ0n) is 12.4. The van der Waals surface area contributed by atoms with Crippen LogP contribution in [0.15, 0.2) is 24.3 Å². The van der Waals surface area contributed by atoms with Crippen LogP contribution < -0.4 is 15.4 Å². The fourth-order valence-electron chi connectivity index (χ4n) is 2.70. The summed E-state index contributed by atoms with van der Waals surface area (Å²) in [6.45, 7) is 8.39. The van der Waals surface area contributed by atoms with Crippen molar-refractivity contribution in [3.05, 3.63) is 24.3 Å². The minimum absolute atomic E-state index is 0.0676. The van der Waals surface area contributed by atoms with Gasteiger partial charge in [0.25, 0.3) is 0 Å². The molecule has 0 aliphatic carbocycles. The Morgan fingerprint density at radius 3 is 2.58 bits per heavy atom. The first-order chi connectivity index (χ1) is 9.14. The Bertz CT molecular complexity index is 415. The molecule has 0 bridgehead atoms. The van der Waals surface area contributed by atoms with Gasteiger partial charge in [-0.2, -0.15) is 0 Å². The van der Waals surface area contributed by atoms with E-state index in [2.05, 4.69) is 43.9 Å². The lowest BCUT2D eigenvalue weighted by molar-refractivity contribution is 0.0571. The summed E-state index contributed by atoms with van der Waals surface area (Å²) in [6.07, 6.45) is 3.05. The number of para-hydroxylation sites is 2. The number of ether oxygens (including phenoxy) is 1. The molecule has 1 aromatic rings. The van der Waals surface area contributed by atoms with Gasteiger partial charge in [0.15, 0.2) is 0 Å². The van der Waals surface area contributed by atoms with Gasteiger partial charge in [0.2, 0.25) is 0 Å². The Labute approximate surface area is 116 Å². The number of anilines is 1. The molecule has 0 saturated heterocycles. The first kappa shape index (κ1) is 14.2.